The van der Waals surface area contributed by atoms with E-state index in [0.717, 1.165) is 43.1 Å². The van der Waals surface area contributed by atoms with Gasteiger partial charge in [-0.25, -0.2) is 8.78 Å². The third-order valence-electron chi connectivity index (χ3n) is 7.81. The van der Waals surface area contributed by atoms with Crippen molar-refractivity contribution in [3.8, 4) is 11.8 Å². The summed E-state index contributed by atoms with van der Waals surface area (Å²) in [5.74, 6) is 7.35. The van der Waals surface area contributed by atoms with Crippen LogP contribution in [0, 0.1) is 41.2 Å². The highest BCUT2D eigenvalue weighted by Crippen LogP contribution is 2.38. The summed E-state index contributed by atoms with van der Waals surface area (Å²) in [7, 11) is 0. The molecule has 0 bridgehead atoms. The standard InChI is InChI=1S/C29H42F2/c1-3-5-7-9-23-14-17-25(18-15-23)26-20-28(30)27(29(31)21-26)19-16-24-12-10-22(11-13-24)8-6-4-2/h20-25H,3-15,17-18H2,1-2H3/t22-,23-,24-,25-. The first-order valence-corrected chi connectivity index (χ1v) is 13.1. The molecule has 172 valence electrons. The minimum absolute atomic E-state index is 0.0230. The van der Waals surface area contributed by atoms with Gasteiger partial charge in [0.05, 0.1) is 5.56 Å². The lowest BCUT2D eigenvalue weighted by atomic mass is 9.77. The van der Waals surface area contributed by atoms with Crippen LogP contribution in [-0.2, 0) is 0 Å². The molecule has 2 heteroatoms. The average Bonchev–Trinajstić information content (AvgIpc) is 2.78. The van der Waals surface area contributed by atoms with E-state index in [1.165, 1.54) is 70.6 Å². The number of hydrogen-bond acceptors (Lipinski definition) is 0. The summed E-state index contributed by atoms with van der Waals surface area (Å²) >= 11 is 0. The number of rotatable bonds is 8. The molecule has 2 fully saturated rings. The third-order valence-corrected chi connectivity index (χ3v) is 7.81. The zero-order valence-corrected chi connectivity index (χ0v) is 19.8. The Bertz CT molecular complexity index is 702. The molecule has 3 rings (SSSR count). The molecule has 0 atom stereocenters. The van der Waals surface area contributed by atoms with Crippen LogP contribution in [0.15, 0.2) is 12.1 Å². The summed E-state index contributed by atoms with van der Waals surface area (Å²) in [6.45, 7) is 4.48. The third kappa shape index (κ3) is 7.34. The first-order chi connectivity index (χ1) is 15.1. The maximum atomic E-state index is 14.8. The highest BCUT2D eigenvalue weighted by atomic mass is 19.1. The Hall–Kier alpha value is -1.36. The van der Waals surface area contributed by atoms with Crippen LogP contribution in [0.25, 0.3) is 0 Å². The summed E-state index contributed by atoms with van der Waals surface area (Å²) in [5.41, 5.74) is 0.814. The Balaban J connectivity index is 1.54. The van der Waals surface area contributed by atoms with Crippen LogP contribution in [0.3, 0.4) is 0 Å². The van der Waals surface area contributed by atoms with Crippen molar-refractivity contribution >= 4 is 0 Å². The van der Waals surface area contributed by atoms with Crippen LogP contribution in [0.2, 0.25) is 0 Å². The molecule has 0 unspecified atom stereocenters. The first kappa shape index (κ1) is 24.3. The predicted octanol–water partition coefficient (Wildman–Crippen LogP) is 9.17. The molecular weight excluding hydrogens is 386 g/mol. The lowest BCUT2D eigenvalue weighted by Crippen LogP contribution is -2.14. The van der Waals surface area contributed by atoms with E-state index in [4.69, 9.17) is 0 Å². The lowest BCUT2D eigenvalue weighted by Gasteiger charge is -2.29. The van der Waals surface area contributed by atoms with Crippen LogP contribution in [0.4, 0.5) is 8.78 Å². The van der Waals surface area contributed by atoms with Gasteiger partial charge in [-0.2, -0.15) is 0 Å². The molecule has 0 heterocycles. The second-order valence-corrected chi connectivity index (χ2v) is 10.2. The minimum Gasteiger partial charge on any atom is -0.206 e. The van der Waals surface area contributed by atoms with Gasteiger partial charge < -0.3 is 0 Å². The Kier molecular flexibility index (Phi) is 9.89. The van der Waals surface area contributed by atoms with Crippen molar-refractivity contribution in [3.63, 3.8) is 0 Å². The van der Waals surface area contributed by atoms with Crippen molar-refractivity contribution in [2.24, 2.45) is 17.8 Å². The molecule has 2 aliphatic rings. The van der Waals surface area contributed by atoms with Gasteiger partial charge in [0.2, 0.25) is 0 Å². The molecule has 0 aliphatic heterocycles. The molecule has 2 aliphatic carbocycles. The maximum absolute atomic E-state index is 14.8. The van der Waals surface area contributed by atoms with Gasteiger partial charge in [-0.15, -0.1) is 0 Å². The predicted molar refractivity (Wildman–Crippen MR) is 127 cm³/mol. The molecule has 0 nitrogen and oxygen atoms in total. The van der Waals surface area contributed by atoms with Crippen molar-refractivity contribution in [2.75, 3.05) is 0 Å². The summed E-state index contributed by atoms with van der Waals surface area (Å²) < 4.78 is 29.5. The molecule has 0 saturated heterocycles. The number of unbranched alkanes of at least 4 members (excludes halogenated alkanes) is 3. The number of benzene rings is 1. The van der Waals surface area contributed by atoms with Gasteiger partial charge >= 0.3 is 0 Å². The minimum atomic E-state index is -0.468. The quantitative estimate of drug-likeness (QED) is 0.286. The van der Waals surface area contributed by atoms with Gasteiger partial charge in [0, 0.05) is 5.92 Å². The van der Waals surface area contributed by atoms with Gasteiger partial charge in [-0.1, -0.05) is 70.6 Å². The topological polar surface area (TPSA) is 0 Å². The van der Waals surface area contributed by atoms with E-state index in [-0.39, 0.29) is 5.56 Å². The van der Waals surface area contributed by atoms with Gasteiger partial charge in [0.25, 0.3) is 0 Å². The van der Waals surface area contributed by atoms with Crippen LogP contribution in [0.1, 0.15) is 127 Å². The Labute approximate surface area is 189 Å². The molecule has 2 saturated carbocycles. The fourth-order valence-electron chi connectivity index (χ4n) is 5.68. The molecule has 0 spiro atoms. The zero-order valence-electron chi connectivity index (χ0n) is 19.8. The average molecular weight is 429 g/mol. The van der Waals surface area contributed by atoms with Gasteiger partial charge in [0.1, 0.15) is 11.6 Å². The van der Waals surface area contributed by atoms with Gasteiger partial charge in [-0.3, -0.25) is 0 Å². The van der Waals surface area contributed by atoms with Crippen molar-refractivity contribution in [2.45, 2.75) is 116 Å². The van der Waals surface area contributed by atoms with Crippen LogP contribution < -0.4 is 0 Å². The Morgan fingerprint density at radius 2 is 1.29 bits per heavy atom. The van der Waals surface area contributed by atoms with Gasteiger partial charge in [-0.05, 0) is 86.8 Å². The zero-order chi connectivity index (χ0) is 22.1. The monoisotopic (exact) mass is 428 g/mol. The summed E-state index contributed by atoms with van der Waals surface area (Å²) in [5, 5.41) is 0. The fraction of sp³-hybridized carbons (Fsp3) is 0.724. The van der Waals surface area contributed by atoms with Crippen molar-refractivity contribution in [1.82, 2.24) is 0 Å². The molecule has 1 aromatic rings. The largest absolute Gasteiger partial charge is 0.206 e. The first-order valence-electron chi connectivity index (χ1n) is 13.1. The van der Waals surface area contributed by atoms with E-state index in [1.54, 1.807) is 12.1 Å². The van der Waals surface area contributed by atoms with Crippen LogP contribution in [0.5, 0.6) is 0 Å². The maximum Gasteiger partial charge on any atom is 0.142 e. The highest BCUT2D eigenvalue weighted by Gasteiger charge is 2.24. The second-order valence-electron chi connectivity index (χ2n) is 10.2. The van der Waals surface area contributed by atoms with E-state index >= 15 is 0 Å². The van der Waals surface area contributed by atoms with E-state index < -0.39 is 11.6 Å². The van der Waals surface area contributed by atoms with E-state index in [9.17, 15) is 8.78 Å². The van der Waals surface area contributed by atoms with E-state index in [2.05, 4.69) is 25.7 Å². The summed E-state index contributed by atoms with van der Waals surface area (Å²) in [6.07, 6.45) is 18.2. The second kappa shape index (κ2) is 12.6. The normalized spacial score (nSPS) is 26.3. The molecule has 0 radical (unpaired) electrons. The van der Waals surface area contributed by atoms with E-state index in [1.807, 2.05) is 0 Å². The van der Waals surface area contributed by atoms with Crippen LogP contribution in [-0.4, -0.2) is 0 Å². The number of halogens is 2. The smallest absolute Gasteiger partial charge is 0.142 e. The van der Waals surface area contributed by atoms with Gasteiger partial charge in [0.15, 0.2) is 0 Å². The molecule has 0 aromatic heterocycles. The summed E-state index contributed by atoms with van der Waals surface area (Å²) in [4.78, 5) is 0. The molecule has 1 aromatic carbocycles. The molecule has 0 N–H and O–H groups in total. The summed E-state index contributed by atoms with van der Waals surface area (Å²) in [6, 6.07) is 3.13. The van der Waals surface area contributed by atoms with Crippen LogP contribution >= 0.6 is 0 Å². The van der Waals surface area contributed by atoms with Crippen molar-refractivity contribution in [1.29, 1.82) is 0 Å². The highest BCUT2D eigenvalue weighted by molar-refractivity contribution is 5.40. The Morgan fingerprint density at radius 1 is 0.742 bits per heavy atom. The van der Waals surface area contributed by atoms with Crippen molar-refractivity contribution in [3.05, 3.63) is 34.9 Å². The fourth-order valence-corrected chi connectivity index (χ4v) is 5.68. The van der Waals surface area contributed by atoms with E-state index in [0.29, 0.717) is 11.8 Å². The number of hydrogen-bond donors (Lipinski definition) is 0. The molecular formula is C29H42F2. The lowest BCUT2D eigenvalue weighted by molar-refractivity contribution is 0.296. The van der Waals surface area contributed by atoms with Crippen molar-refractivity contribution < 1.29 is 8.78 Å². The SMILES string of the molecule is CCCCC[C@H]1CC[C@H](c2cc(F)c(C#C[C@H]3CC[C@H](CCCC)CC3)c(F)c2)CC1. The molecule has 0 amide bonds. The Morgan fingerprint density at radius 3 is 1.87 bits per heavy atom. The molecule has 31 heavy (non-hydrogen) atoms.